The number of hydrogen-bond acceptors (Lipinski definition) is 4. The van der Waals surface area contributed by atoms with Crippen molar-refractivity contribution in [2.45, 2.75) is 5.38 Å². The molecule has 0 fully saturated rings. The van der Waals surface area contributed by atoms with Crippen LogP contribution >= 0.6 is 11.6 Å². The number of halogens is 1. The Kier molecular flexibility index (Phi) is 2.37. The van der Waals surface area contributed by atoms with Crippen molar-refractivity contribution in [1.29, 1.82) is 0 Å². The van der Waals surface area contributed by atoms with Crippen LogP contribution in [0.25, 0.3) is 0 Å². The molecule has 0 amide bonds. The summed E-state index contributed by atoms with van der Waals surface area (Å²) in [5, 5.41) is 6.71. The van der Waals surface area contributed by atoms with E-state index in [0.29, 0.717) is 5.69 Å². The van der Waals surface area contributed by atoms with Gasteiger partial charge in [-0.3, -0.25) is 0 Å². The molecule has 0 radical (unpaired) electrons. The van der Waals surface area contributed by atoms with E-state index in [-0.39, 0.29) is 5.82 Å². The van der Waals surface area contributed by atoms with Gasteiger partial charge < -0.3 is 5.73 Å². The molecule has 0 aliphatic heterocycles. The van der Waals surface area contributed by atoms with Gasteiger partial charge in [0, 0.05) is 0 Å². The van der Waals surface area contributed by atoms with E-state index in [0.717, 1.165) is 5.56 Å². The third-order valence-electron chi connectivity index (χ3n) is 1.87. The predicted octanol–water partition coefficient (Wildman–Crippen LogP) is 1.98. The summed E-state index contributed by atoms with van der Waals surface area (Å²) < 4.78 is 4.48. The highest BCUT2D eigenvalue weighted by atomic mass is 35.5. The molecule has 2 aromatic rings. The smallest absolute Gasteiger partial charge is 0.193 e. The van der Waals surface area contributed by atoms with Gasteiger partial charge in [0.15, 0.2) is 11.5 Å². The highest BCUT2D eigenvalue weighted by molar-refractivity contribution is 6.22. The van der Waals surface area contributed by atoms with Crippen LogP contribution in [0.4, 0.5) is 5.82 Å². The van der Waals surface area contributed by atoms with E-state index in [1.165, 1.54) is 0 Å². The van der Waals surface area contributed by atoms with E-state index in [2.05, 4.69) is 14.9 Å². The summed E-state index contributed by atoms with van der Waals surface area (Å²) in [7, 11) is 0. The van der Waals surface area contributed by atoms with Crippen LogP contribution < -0.4 is 5.73 Å². The summed E-state index contributed by atoms with van der Waals surface area (Å²) in [6.07, 6.45) is 0. The van der Waals surface area contributed by atoms with Gasteiger partial charge in [-0.1, -0.05) is 35.5 Å². The van der Waals surface area contributed by atoms with Gasteiger partial charge in [0.1, 0.15) is 5.38 Å². The minimum Gasteiger partial charge on any atom is -0.379 e. The molecule has 4 nitrogen and oxygen atoms in total. The molecular formula is C9H8ClN3O. The first-order valence-electron chi connectivity index (χ1n) is 4.06. The third kappa shape index (κ3) is 1.56. The Morgan fingerprint density at radius 2 is 1.93 bits per heavy atom. The normalized spacial score (nSPS) is 12.6. The summed E-state index contributed by atoms with van der Waals surface area (Å²) in [6.45, 7) is 0. The molecule has 0 aliphatic rings. The molecular weight excluding hydrogens is 202 g/mol. The molecule has 0 saturated carbocycles. The van der Waals surface area contributed by atoms with Gasteiger partial charge in [0.2, 0.25) is 0 Å². The molecule has 0 spiro atoms. The lowest BCUT2D eigenvalue weighted by Gasteiger charge is -2.05. The van der Waals surface area contributed by atoms with Gasteiger partial charge in [-0.2, -0.15) is 0 Å². The van der Waals surface area contributed by atoms with Gasteiger partial charge in [-0.25, -0.2) is 4.63 Å². The number of rotatable bonds is 2. The highest BCUT2D eigenvalue weighted by Crippen LogP contribution is 2.29. The van der Waals surface area contributed by atoms with Gasteiger partial charge in [-0.15, -0.1) is 11.6 Å². The van der Waals surface area contributed by atoms with Crippen molar-refractivity contribution in [2.75, 3.05) is 5.73 Å². The first-order chi connectivity index (χ1) is 6.79. The van der Waals surface area contributed by atoms with Crippen LogP contribution in [0.15, 0.2) is 35.0 Å². The van der Waals surface area contributed by atoms with E-state index >= 15 is 0 Å². The zero-order chi connectivity index (χ0) is 9.97. The highest BCUT2D eigenvalue weighted by Gasteiger charge is 2.18. The number of alkyl halides is 1. The lowest BCUT2D eigenvalue weighted by atomic mass is 10.1. The Balaban J connectivity index is 2.34. The summed E-state index contributed by atoms with van der Waals surface area (Å²) in [5.74, 6) is 0.230. The van der Waals surface area contributed by atoms with Crippen molar-refractivity contribution < 1.29 is 4.63 Å². The quantitative estimate of drug-likeness (QED) is 0.769. The topological polar surface area (TPSA) is 64.9 Å². The van der Waals surface area contributed by atoms with Gasteiger partial charge in [0.05, 0.1) is 0 Å². The molecule has 2 rings (SSSR count). The van der Waals surface area contributed by atoms with E-state index in [1.807, 2.05) is 30.3 Å². The van der Waals surface area contributed by atoms with Crippen LogP contribution in [-0.2, 0) is 0 Å². The van der Waals surface area contributed by atoms with E-state index in [9.17, 15) is 0 Å². The average Bonchev–Trinajstić information content (AvgIpc) is 2.65. The second kappa shape index (κ2) is 3.67. The van der Waals surface area contributed by atoms with Crippen LogP contribution in [0, 0.1) is 0 Å². The average molecular weight is 210 g/mol. The lowest BCUT2D eigenvalue weighted by molar-refractivity contribution is 0.305. The second-order valence-electron chi connectivity index (χ2n) is 2.81. The fourth-order valence-electron chi connectivity index (χ4n) is 1.16. The Hall–Kier alpha value is -1.55. The first kappa shape index (κ1) is 9.02. The second-order valence-corrected chi connectivity index (χ2v) is 3.24. The summed E-state index contributed by atoms with van der Waals surface area (Å²) in [6, 6.07) is 9.50. The van der Waals surface area contributed by atoms with Crippen LogP contribution in [0.5, 0.6) is 0 Å². The standard InChI is InChI=1S/C9H8ClN3O/c10-7(6-4-2-1-3-5-6)8-9(11)13-14-12-8/h1-5,7H,(H2,11,13). The fourth-order valence-corrected chi connectivity index (χ4v) is 1.45. The minimum atomic E-state index is -0.414. The lowest BCUT2D eigenvalue weighted by Crippen LogP contribution is -1.98. The fraction of sp³-hybridized carbons (Fsp3) is 0.111. The van der Waals surface area contributed by atoms with Crippen LogP contribution in [0.1, 0.15) is 16.6 Å². The number of hydrogen-bond donors (Lipinski definition) is 1. The zero-order valence-electron chi connectivity index (χ0n) is 7.22. The van der Waals surface area contributed by atoms with Crippen molar-refractivity contribution in [3.63, 3.8) is 0 Å². The SMILES string of the molecule is Nc1nonc1C(Cl)c1ccccc1. The Bertz CT molecular complexity index is 415. The number of nitrogens with two attached hydrogens (primary N) is 1. The number of anilines is 1. The van der Waals surface area contributed by atoms with Gasteiger partial charge in [0.25, 0.3) is 0 Å². The molecule has 1 aromatic heterocycles. The van der Waals surface area contributed by atoms with Crippen molar-refractivity contribution >= 4 is 17.4 Å². The molecule has 14 heavy (non-hydrogen) atoms. The number of nitrogen functional groups attached to an aromatic ring is 1. The summed E-state index contributed by atoms with van der Waals surface area (Å²) in [5.41, 5.74) is 6.90. The largest absolute Gasteiger partial charge is 0.379 e. The molecule has 72 valence electrons. The maximum Gasteiger partial charge on any atom is 0.193 e. The third-order valence-corrected chi connectivity index (χ3v) is 2.33. The molecule has 0 aliphatic carbocycles. The van der Waals surface area contributed by atoms with Crippen LogP contribution in [0.2, 0.25) is 0 Å². The van der Waals surface area contributed by atoms with Crippen LogP contribution in [-0.4, -0.2) is 10.3 Å². The van der Waals surface area contributed by atoms with E-state index in [4.69, 9.17) is 17.3 Å². The molecule has 1 aromatic carbocycles. The number of aromatic nitrogens is 2. The zero-order valence-corrected chi connectivity index (χ0v) is 7.98. The predicted molar refractivity (Wildman–Crippen MR) is 52.8 cm³/mol. The molecule has 0 bridgehead atoms. The molecule has 1 atom stereocenters. The van der Waals surface area contributed by atoms with Gasteiger partial charge in [-0.05, 0) is 10.7 Å². The van der Waals surface area contributed by atoms with Crippen LogP contribution in [0.3, 0.4) is 0 Å². The van der Waals surface area contributed by atoms with Crippen molar-refractivity contribution in [3.8, 4) is 0 Å². The maximum absolute atomic E-state index is 6.14. The molecule has 1 unspecified atom stereocenters. The van der Waals surface area contributed by atoms with Crippen molar-refractivity contribution in [1.82, 2.24) is 10.3 Å². The van der Waals surface area contributed by atoms with E-state index < -0.39 is 5.38 Å². The first-order valence-corrected chi connectivity index (χ1v) is 4.49. The Labute approximate surface area is 85.6 Å². The maximum atomic E-state index is 6.14. The molecule has 5 heteroatoms. The molecule has 2 N–H and O–H groups in total. The summed E-state index contributed by atoms with van der Waals surface area (Å²) >= 11 is 6.14. The molecule has 0 saturated heterocycles. The Morgan fingerprint density at radius 3 is 2.50 bits per heavy atom. The summed E-state index contributed by atoms with van der Waals surface area (Å²) in [4.78, 5) is 0. The minimum absolute atomic E-state index is 0.230. The Morgan fingerprint density at radius 1 is 1.21 bits per heavy atom. The van der Waals surface area contributed by atoms with Crippen molar-refractivity contribution in [3.05, 3.63) is 41.6 Å². The van der Waals surface area contributed by atoms with Crippen molar-refractivity contribution in [2.24, 2.45) is 0 Å². The number of benzene rings is 1. The molecule has 1 heterocycles. The number of nitrogens with zero attached hydrogens (tertiary/aromatic N) is 2. The monoisotopic (exact) mass is 209 g/mol. The van der Waals surface area contributed by atoms with E-state index in [1.54, 1.807) is 0 Å². The van der Waals surface area contributed by atoms with Gasteiger partial charge >= 0.3 is 0 Å².